The van der Waals surface area contributed by atoms with E-state index in [-0.39, 0.29) is 11.3 Å². The Labute approximate surface area is 146 Å². The van der Waals surface area contributed by atoms with E-state index in [1.54, 1.807) is 0 Å². The first-order valence-corrected chi connectivity index (χ1v) is 9.58. The summed E-state index contributed by atoms with van der Waals surface area (Å²) in [7, 11) is 0. The number of hydrogen-bond acceptors (Lipinski definition) is 4. The lowest BCUT2D eigenvalue weighted by Crippen LogP contribution is -2.55. The Balaban J connectivity index is 1.48. The Kier molecular flexibility index (Phi) is 5.24. The highest BCUT2D eigenvalue weighted by Crippen LogP contribution is 2.36. The minimum atomic E-state index is -0.439. The van der Waals surface area contributed by atoms with Crippen LogP contribution < -0.4 is 0 Å². The van der Waals surface area contributed by atoms with Crippen molar-refractivity contribution in [2.75, 3.05) is 45.9 Å². The van der Waals surface area contributed by atoms with Crippen LogP contribution in [0.1, 0.15) is 47.0 Å². The molecule has 3 aliphatic rings. The minimum Gasteiger partial charge on any atom is -0.349 e. The Bertz CT molecular complexity index is 444. The van der Waals surface area contributed by atoms with E-state index in [0.717, 1.165) is 65.2 Å². The maximum absolute atomic E-state index is 12.8. The largest absolute Gasteiger partial charge is 0.349 e. The SMILES string of the molecule is CC(C)CN1CC[C@H](C(=O)N2CCC3(CC2)OCC(C)(C)CO3)C1. The Morgan fingerprint density at radius 1 is 1.12 bits per heavy atom. The molecule has 0 N–H and O–H groups in total. The zero-order valence-electron chi connectivity index (χ0n) is 15.8. The summed E-state index contributed by atoms with van der Waals surface area (Å²) in [5.41, 5.74) is 0.0991. The summed E-state index contributed by atoms with van der Waals surface area (Å²) in [6.07, 6.45) is 2.61. The van der Waals surface area contributed by atoms with Crippen LogP contribution in [0.5, 0.6) is 0 Å². The fourth-order valence-electron chi connectivity index (χ4n) is 4.07. The van der Waals surface area contributed by atoms with E-state index in [9.17, 15) is 4.79 Å². The number of likely N-dealkylation sites (tertiary alicyclic amines) is 2. The van der Waals surface area contributed by atoms with E-state index in [1.807, 2.05) is 4.90 Å². The van der Waals surface area contributed by atoms with Crippen molar-refractivity contribution >= 4 is 5.91 Å². The maximum Gasteiger partial charge on any atom is 0.227 e. The van der Waals surface area contributed by atoms with Crippen LogP contribution in [0.15, 0.2) is 0 Å². The molecule has 5 nitrogen and oxygen atoms in total. The molecule has 1 amide bonds. The van der Waals surface area contributed by atoms with Gasteiger partial charge in [0.15, 0.2) is 5.79 Å². The molecule has 0 radical (unpaired) electrons. The third-order valence-electron chi connectivity index (χ3n) is 5.53. The molecule has 1 spiro atoms. The number of ether oxygens (including phenoxy) is 2. The number of carbonyl (C=O) groups is 1. The van der Waals surface area contributed by atoms with Gasteiger partial charge < -0.3 is 19.3 Å². The first-order chi connectivity index (χ1) is 11.3. The molecule has 0 aromatic carbocycles. The van der Waals surface area contributed by atoms with Gasteiger partial charge in [0.1, 0.15) is 0 Å². The average Bonchev–Trinajstić information content (AvgIpc) is 2.98. The average molecular weight is 338 g/mol. The molecule has 3 fully saturated rings. The molecule has 3 saturated heterocycles. The minimum absolute atomic E-state index is 0.0991. The lowest BCUT2D eigenvalue weighted by atomic mass is 9.92. The number of nitrogens with zero attached hydrogens (tertiary/aromatic N) is 2. The zero-order valence-corrected chi connectivity index (χ0v) is 15.8. The molecule has 138 valence electrons. The summed E-state index contributed by atoms with van der Waals surface area (Å²) in [5, 5.41) is 0. The van der Waals surface area contributed by atoms with Crippen molar-refractivity contribution < 1.29 is 14.3 Å². The molecule has 0 aliphatic carbocycles. The van der Waals surface area contributed by atoms with Gasteiger partial charge in [0.05, 0.1) is 19.1 Å². The normalized spacial score (nSPS) is 30.2. The maximum atomic E-state index is 12.8. The van der Waals surface area contributed by atoms with Gasteiger partial charge >= 0.3 is 0 Å². The predicted octanol–water partition coefficient (Wildman–Crippen LogP) is 2.36. The Hall–Kier alpha value is -0.650. The molecule has 3 aliphatic heterocycles. The molecule has 0 saturated carbocycles. The smallest absolute Gasteiger partial charge is 0.227 e. The van der Waals surface area contributed by atoms with E-state index in [2.05, 4.69) is 32.6 Å². The van der Waals surface area contributed by atoms with Gasteiger partial charge in [-0.25, -0.2) is 0 Å². The fourth-order valence-corrected chi connectivity index (χ4v) is 4.07. The second-order valence-electron chi connectivity index (χ2n) is 9.12. The van der Waals surface area contributed by atoms with Gasteiger partial charge in [-0.1, -0.05) is 27.7 Å². The lowest BCUT2D eigenvalue weighted by Gasteiger charge is -2.47. The molecular weight excluding hydrogens is 304 g/mol. The second kappa shape index (κ2) is 6.93. The van der Waals surface area contributed by atoms with Crippen LogP contribution in [0, 0.1) is 17.3 Å². The highest BCUT2D eigenvalue weighted by Gasteiger charge is 2.44. The van der Waals surface area contributed by atoms with Crippen LogP contribution in [0.3, 0.4) is 0 Å². The first kappa shape index (κ1) is 18.2. The molecular formula is C19H34N2O3. The van der Waals surface area contributed by atoms with E-state index in [0.29, 0.717) is 11.8 Å². The fraction of sp³-hybridized carbons (Fsp3) is 0.947. The standard InChI is InChI=1S/C19H34N2O3/c1-15(2)11-20-8-5-16(12-20)17(22)21-9-6-19(7-10-21)23-13-18(3,4)14-24-19/h15-16H,5-14H2,1-4H3/t16-/m0/s1. The van der Waals surface area contributed by atoms with Gasteiger partial charge in [0.2, 0.25) is 5.91 Å². The van der Waals surface area contributed by atoms with Crippen molar-refractivity contribution in [3.63, 3.8) is 0 Å². The molecule has 24 heavy (non-hydrogen) atoms. The summed E-state index contributed by atoms with van der Waals surface area (Å²) >= 11 is 0. The van der Waals surface area contributed by atoms with Crippen molar-refractivity contribution in [3.8, 4) is 0 Å². The summed E-state index contributed by atoms with van der Waals surface area (Å²) in [6, 6.07) is 0. The van der Waals surface area contributed by atoms with E-state index in [1.165, 1.54) is 0 Å². The van der Waals surface area contributed by atoms with Gasteiger partial charge in [-0.15, -0.1) is 0 Å². The number of hydrogen-bond donors (Lipinski definition) is 0. The first-order valence-electron chi connectivity index (χ1n) is 9.58. The van der Waals surface area contributed by atoms with Crippen LogP contribution >= 0.6 is 0 Å². The van der Waals surface area contributed by atoms with Crippen LogP contribution in [0.2, 0.25) is 0 Å². The molecule has 3 rings (SSSR count). The van der Waals surface area contributed by atoms with Crippen LogP contribution in [-0.2, 0) is 14.3 Å². The molecule has 5 heteroatoms. The summed E-state index contributed by atoms with van der Waals surface area (Å²) in [5.74, 6) is 0.752. The van der Waals surface area contributed by atoms with E-state index >= 15 is 0 Å². The van der Waals surface area contributed by atoms with Crippen LogP contribution in [0.4, 0.5) is 0 Å². The molecule has 0 aromatic rings. The van der Waals surface area contributed by atoms with Gasteiger partial charge in [-0.3, -0.25) is 4.79 Å². The van der Waals surface area contributed by atoms with Gasteiger partial charge in [-0.2, -0.15) is 0 Å². The molecule has 0 aromatic heterocycles. The summed E-state index contributed by atoms with van der Waals surface area (Å²) in [6.45, 7) is 14.9. The second-order valence-corrected chi connectivity index (χ2v) is 9.12. The third-order valence-corrected chi connectivity index (χ3v) is 5.53. The molecule has 1 atom stereocenters. The topological polar surface area (TPSA) is 42.0 Å². The highest BCUT2D eigenvalue weighted by atomic mass is 16.7. The quantitative estimate of drug-likeness (QED) is 0.792. The van der Waals surface area contributed by atoms with E-state index < -0.39 is 5.79 Å². The van der Waals surface area contributed by atoms with Crippen molar-refractivity contribution in [1.29, 1.82) is 0 Å². The monoisotopic (exact) mass is 338 g/mol. The number of piperidine rings is 1. The Morgan fingerprint density at radius 3 is 2.33 bits per heavy atom. The van der Waals surface area contributed by atoms with Crippen molar-refractivity contribution in [1.82, 2.24) is 9.80 Å². The highest BCUT2D eigenvalue weighted by molar-refractivity contribution is 5.79. The van der Waals surface area contributed by atoms with Crippen LogP contribution in [0.25, 0.3) is 0 Å². The molecule has 0 bridgehead atoms. The zero-order chi connectivity index (χ0) is 17.4. The van der Waals surface area contributed by atoms with Crippen molar-refractivity contribution in [2.24, 2.45) is 17.3 Å². The van der Waals surface area contributed by atoms with Gasteiger partial charge in [-0.05, 0) is 18.9 Å². The number of rotatable bonds is 3. The summed E-state index contributed by atoms with van der Waals surface area (Å²) < 4.78 is 12.1. The van der Waals surface area contributed by atoms with Crippen molar-refractivity contribution in [2.45, 2.75) is 52.7 Å². The van der Waals surface area contributed by atoms with Crippen molar-refractivity contribution in [3.05, 3.63) is 0 Å². The predicted molar refractivity (Wildman–Crippen MR) is 93.6 cm³/mol. The lowest BCUT2D eigenvalue weighted by molar-refractivity contribution is -0.312. The molecule has 3 heterocycles. The van der Waals surface area contributed by atoms with Gasteiger partial charge in [0.25, 0.3) is 0 Å². The van der Waals surface area contributed by atoms with Crippen LogP contribution in [-0.4, -0.2) is 67.4 Å². The molecule has 0 unspecified atom stereocenters. The number of carbonyl (C=O) groups excluding carboxylic acids is 1. The Morgan fingerprint density at radius 2 is 1.75 bits per heavy atom. The number of amides is 1. The van der Waals surface area contributed by atoms with E-state index in [4.69, 9.17) is 9.47 Å². The summed E-state index contributed by atoms with van der Waals surface area (Å²) in [4.78, 5) is 17.3. The third kappa shape index (κ3) is 4.12. The van der Waals surface area contributed by atoms with Gasteiger partial charge in [0, 0.05) is 44.4 Å².